The predicted octanol–water partition coefficient (Wildman–Crippen LogP) is 1.32. The van der Waals surface area contributed by atoms with Gasteiger partial charge in [-0.1, -0.05) is 84.1 Å². The van der Waals surface area contributed by atoms with Crippen LogP contribution in [0.25, 0.3) is 0 Å². The van der Waals surface area contributed by atoms with Crippen LogP contribution in [0.5, 0.6) is 0 Å². The molecule has 176 valence electrons. The third-order valence-corrected chi connectivity index (χ3v) is 5.90. The van der Waals surface area contributed by atoms with Gasteiger partial charge in [-0.2, -0.15) is 0 Å². The number of aryl methyl sites for hydroxylation is 2. The lowest BCUT2D eigenvalue weighted by Crippen LogP contribution is -2.50. The molecule has 2 aromatic carbocycles. The molecular weight excluding hydrogens is 460 g/mol. The number of aliphatic hydroxyl groups excluding tert-OH is 6. The van der Waals surface area contributed by atoms with Gasteiger partial charge in [-0.05, 0) is 31.1 Å². The summed E-state index contributed by atoms with van der Waals surface area (Å²) in [6.07, 6.45) is -7.84. The minimum absolute atomic E-state index is 0.0251. The Kier molecular flexibility index (Phi) is 10.2. The van der Waals surface area contributed by atoms with Crippen LogP contribution in [0.15, 0.2) is 65.9 Å². The SMILES string of the molecule is Cc1cccc(C(=S)C=C=C(C(=S)c2cccc(C)c2)C(O)[C@@H](O)[C@@H](O)[C@H](O)[C@@H](O)CO)c1. The van der Waals surface area contributed by atoms with Gasteiger partial charge < -0.3 is 30.6 Å². The molecule has 2 rings (SSSR count). The Morgan fingerprint density at radius 2 is 1.39 bits per heavy atom. The van der Waals surface area contributed by atoms with Crippen molar-refractivity contribution in [3.63, 3.8) is 0 Å². The molecule has 0 spiro atoms. The Morgan fingerprint density at radius 1 is 0.848 bits per heavy atom. The van der Waals surface area contributed by atoms with Crippen molar-refractivity contribution in [2.75, 3.05) is 6.61 Å². The van der Waals surface area contributed by atoms with Crippen molar-refractivity contribution in [3.8, 4) is 0 Å². The van der Waals surface area contributed by atoms with Crippen LogP contribution in [0.4, 0.5) is 0 Å². The van der Waals surface area contributed by atoms with E-state index in [2.05, 4.69) is 5.73 Å². The average Bonchev–Trinajstić information content (AvgIpc) is 2.81. The van der Waals surface area contributed by atoms with E-state index >= 15 is 0 Å². The van der Waals surface area contributed by atoms with Gasteiger partial charge in [0.1, 0.15) is 30.5 Å². The Balaban J connectivity index is 2.48. The van der Waals surface area contributed by atoms with Crippen LogP contribution in [-0.2, 0) is 0 Å². The van der Waals surface area contributed by atoms with Crippen LogP contribution in [0.2, 0.25) is 0 Å². The van der Waals surface area contributed by atoms with Crippen LogP contribution in [0, 0.1) is 13.8 Å². The van der Waals surface area contributed by atoms with Gasteiger partial charge in [0.25, 0.3) is 0 Å². The van der Waals surface area contributed by atoms with Gasteiger partial charge in [-0.3, -0.25) is 0 Å². The van der Waals surface area contributed by atoms with Crippen LogP contribution < -0.4 is 0 Å². The second-order valence-corrected chi connectivity index (χ2v) is 8.65. The lowest BCUT2D eigenvalue weighted by atomic mass is 9.91. The highest BCUT2D eigenvalue weighted by atomic mass is 32.1. The summed E-state index contributed by atoms with van der Waals surface area (Å²) in [7, 11) is 0. The summed E-state index contributed by atoms with van der Waals surface area (Å²) in [5.41, 5.74) is 6.12. The second-order valence-electron chi connectivity index (χ2n) is 7.80. The van der Waals surface area contributed by atoms with Gasteiger partial charge in [0.05, 0.1) is 16.3 Å². The Morgan fingerprint density at radius 3 is 1.94 bits per heavy atom. The lowest BCUT2D eigenvalue weighted by Gasteiger charge is -2.29. The number of hydrogen-bond acceptors (Lipinski definition) is 8. The van der Waals surface area contributed by atoms with Crippen molar-refractivity contribution in [3.05, 3.63) is 88.2 Å². The van der Waals surface area contributed by atoms with Gasteiger partial charge >= 0.3 is 0 Å². The molecule has 8 heteroatoms. The van der Waals surface area contributed by atoms with Crippen molar-refractivity contribution < 1.29 is 30.6 Å². The van der Waals surface area contributed by atoms with Crippen LogP contribution in [-0.4, -0.2) is 77.5 Å². The van der Waals surface area contributed by atoms with Crippen molar-refractivity contribution in [1.82, 2.24) is 0 Å². The molecule has 6 nitrogen and oxygen atoms in total. The number of hydrogen-bond donors (Lipinski definition) is 6. The predicted molar refractivity (Wildman–Crippen MR) is 134 cm³/mol. The summed E-state index contributed by atoms with van der Waals surface area (Å²) in [5.74, 6) is 0. The van der Waals surface area contributed by atoms with Crippen LogP contribution in [0.3, 0.4) is 0 Å². The molecule has 0 saturated heterocycles. The Hall–Kier alpha value is -2.10. The minimum atomic E-state index is -1.97. The normalized spacial score (nSPS) is 15.5. The van der Waals surface area contributed by atoms with E-state index in [4.69, 9.17) is 29.5 Å². The van der Waals surface area contributed by atoms with Crippen molar-refractivity contribution in [2.45, 2.75) is 44.4 Å². The fourth-order valence-electron chi connectivity index (χ4n) is 3.15. The maximum absolute atomic E-state index is 10.9. The standard InChI is InChI=1S/C25H28O6S2/c1-14-5-3-7-16(11-14)20(32)10-9-18(25(33)17-8-4-6-15(2)12-17)21(28)23(30)24(31)22(29)19(27)13-26/h3-8,10-12,19,21-24,26-31H,13H2,1-2H3/t9?,19-,21?,22+,23+,24-/m0/s1. The monoisotopic (exact) mass is 488 g/mol. The number of benzene rings is 2. The zero-order chi connectivity index (χ0) is 24.7. The van der Waals surface area contributed by atoms with Crippen LogP contribution >= 0.6 is 24.4 Å². The first kappa shape index (κ1) is 27.1. The quantitative estimate of drug-likeness (QED) is 0.128. The fraction of sp³-hybridized carbons (Fsp3) is 0.320. The molecule has 0 aliphatic heterocycles. The first-order valence-electron chi connectivity index (χ1n) is 10.3. The molecule has 0 heterocycles. The zero-order valence-corrected chi connectivity index (χ0v) is 19.9. The molecule has 0 aliphatic carbocycles. The van der Waals surface area contributed by atoms with E-state index in [0.717, 1.165) is 16.7 Å². The van der Waals surface area contributed by atoms with Gasteiger partial charge in [0.15, 0.2) is 0 Å². The van der Waals surface area contributed by atoms with E-state index < -0.39 is 37.1 Å². The zero-order valence-electron chi connectivity index (χ0n) is 18.3. The number of rotatable bonds is 10. The highest BCUT2D eigenvalue weighted by Gasteiger charge is 2.36. The molecule has 0 fully saturated rings. The van der Waals surface area contributed by atoms with Crippen molar-refractivity contribution >= 4 is 34.2 Å². The van der Waals surface area contributed by atoms with Gasteiger partial charge in [-0.25, -0.2) is 0 Å². The molecule has 0 amide bonds. The first-order chi connectivity index (χ1) is 15.6. The van der Waals surface area contributed by atoms with Crippen molar-refractivity contribution in [2.24, 2.45) is 0 Å². The van der Waals surface area contributed by atoms with E-state index in [1.54, 1.807) is 18.2 Å². The van der Waals surface area contributed by atoms with E-state index in [1.807, 2.05) is 44.2 Å². The third kappa shape index (κ3) is 7.19. The summed E-state index contributed by atoms with van der Waals surface area (Å²) in [5, 5.41) is 60.2. The summed E-state index contributed by atoms with van der Waals surface area (Å²) in [6, 6.07) is 14.7. The summed E-state index contributed by atoms with van der Waals surface area (Å²) >= 11 is 11.0. The number of thiocarbonyl (C=S) groups is 2. The molecule has 5 atom stereocenters. The molecule has 0 aliphatic rings. The molecule has 0 aromatic heterocycles. The summed E-state index contributed by atoms with van der Waals surface area (Å²) in [4.78, 5) is 0.583. The molecule has 1 unspecified atom stereocenters. The highest BCUT2D eigenvalue weighted by Crippen LogP contribution is 2.20. The largest absolute Gasteiger partial charge is 0.394 e. The van der Waals surface area contributed by atoms with Crippen molar-refractivity contribution in [1.29, 1.82) is 0 Å². The minimum Gasteiger partial charge on any atom is -0.394 e. The van der Waals surface area contributed by atoms with Crippen LogP contribution in [0.1, 0.15) is 22.3 Å². The molecular formula is C25H28O6S2. The maximum Gasteiger partial charge on any atom is 0.116 e. The lowest BCUT2D eigenvalue weighted by molar-refractivity contribution is -0.133. The molecule has 0 radical (unpaired) electrons. The summed E-state index contributed by atoms with van der Waals surface area (Å²) in [6.45, 7) is 2.97. The van der Waals surface area contributed by atoms with Gasteiger partial charge in [-0.15, -0.1) is 5.73 Å². The average molecular weight is 489 g/mol. The summed E-state index contributed by atoms with van der Waals surface area (Å²) < 4.78 is 0. The Bertz CT molecular complexity index is 1060. The molecule has 33 heavy (non-hydrogen) atoms. The smallest absolute Gasteiger partial charge is 0.116 e. The topological polar surface area (TPSA) is 121 Å². The van der Waals surface area contributed by atoms with Gasteiger partial charge in [0, 0.05) is 5.57 Å². The number of aliphatic hydroxyl groups is 6. The van der Waals surface area contributed by atoms with E-state index in [1.165, 1.54) is 6.08 Å². The molecule has 0 bridgehead atoms. The van der Waals surface area contributed by atoms with E-state index in [9.17, 15) is 25.5 Å². The first-order valence-corrected chi connectivity index (χ1v) is 11.1. The molecule has 0 saturated carbocycles. The molecule has 6 N–H and O–H groups in total. The van der Waals surface area contributed by atoms with E-state index in [0.29, 0.717) is 10.4 Å². The highest BCUT2D eigenvalue weighted by molar-refractivity contribution is 7.81. The van der Waals surface area contributed by atoms with Gasteiger partial charge in [0.2, 0.25) is 0 Å². The van der Waals surface area contributed by atoms with E-state index in [-0.39, 0.29) is 10.4 Å². The fourth-order valence-corrected chi connectivity index (χ4v) is 3.64. The maximum atomic E-state index is 10.9. The third-order valence-electron chi connectivity index (χ3n) is 5.09. The Labute approximate surface area is 203 Å². The second kappa shape index (κ2) is 12.4. The molecule has 2 aromatic rings.